The second kappa shape index (κ2) is 7.08. The smallest absolute Gasteiger partial charge is 0.165 e. The van der Waals surface area contributed by atoms with E-state index in [1.807, 2.05) is 0 Å². The number of rotatable bonds is 2. The zero-order valence-electron chi connectivity index (χ0n) is 16.8. The average molecular weight is 377 g/mol. The van der Waals surface area contributed by atoms with E-state index in [4.69, 9.17) is 4.98 Å². The van der Waals surface area contributed by atoms with Crippen LogP contribution in [0, 0.1) is 6.92 Å². The standard InChI is InChI=1S/C22H28N6/c1-16-7-6-8-18(13-16)27-12-11-26(14-17(27)2)21-20-22(24-15-23-21)28-10-5-3-4-9-19(28)25-20/h6-8,13,15,17H,3-5,9-12,14H2,1-2H3. The summed E-state index contributed by atoms with van der Waals surface area (Å²) >= 11 is 0. The van der Waals surface area contributed by atoms with Crippen molar-refractivity contribution in [3.63, 3.8) is 0 Å². The predicted octanol–water partition coefficient (Wildman–Crippen LogP) is 3.58. The first kappa shape index (κ1) is 17.5. The summed E-state index contributed by atoms with van der Waals surface area (Å²) in [6.07, 6.45) is 6.48. The van der Waals surface area contributed by atoms with E-state index < -0.39 is 0 Å². The number of anilines is 2. The normalized spacial score (nSPS) is 20.3. The van der Waals surface area contributed by atoms with Crippen molar-refractivity contribution in [1.82, 2.24) is 19.5 Å². The Kier molecular flexibility index (Phi) is 4.41. The van der Waals surface area contributed by atoms with E-state index in [0.717, 1.165) is 49.6 Å². The fraction of sp³-hybridized carbons (Fsp3) is 0.500. The maximum absolute atomic E-state index is 4.98. The molecular formula is C22H28N6. The first-order valence-corrected chi connectivity index (χ1v) is 10.5. The number of nitrogens with zero attached hydrogens (tertiary/aromatic N) is 6. The summed E-state index contributed by atoms with van der Waals surface area (Å²) in [7, 11) is 0. The van der Waals surface area contributed by atoms with Gasteiger partial charge in [0.1, 0.15) is 12.2 Å². The van der Waals surface area contributed by atoms with Crippen LogP contribution in [-0.2, 0) is 13.0 Å². The van der Waals surface area contributed by atoms with Crippen molar-refractivity contribution in [3.05, 3.63) is 42.0 Å². The summed E-state index contributed by atoms with van der Waals surface area (Å²) in [6.45, 7) is 8.37. The van der Waals surface area contributed by atoms with Gasteiger partial charge in [0.05, 0.1) is 0 Å². The molecule has 0 amide bonds. The van der Waals surface area contributed by atoms with Crippen molar-refractivity contribution in [3.8, 4) is 0 Å². The highest BCUT2D eigenvalue weighted by atomic mass is 15.3. The van der Waals surface area contributed by atoms with Crippen LogP contribution in [0.25, 0.3) is 11.2 Å². The number of fused-ring (bicyclic) bond motifs is 3. The molecule has 1 atom stereocenters. The van der Waals surface area contributed by atoms with Crippen molar-refractivity contribution < 1.29 is 0 Å². The number of hydrogen-bond acceptors (Lipinski definition) is 5. The van der Waals surface area contributed by atoms with Crippen LogP contribution in [0.15, 0.2) is 30.6 Å². The fourth-order valence-electron chi connectivity index (χ4n) is 4.70. The minimum Gasteiger partial charge on any atom is -0.365 e. The van der Waals surface area contributed by atoms with Gasteiger partial charge in [-0.1, -0.05) is 18.6 Å². The Hall–Kier alpha value is -2.63. The van der Waals surface area contributed by atoms with E-state index in [1.165, 1.54) is 36.3 Å². The fourth-order valence-corrected chi connectivity index (χ4v) is 4.70. The number of piperazine rings is 1. The van der Waals surface area contributed by atoms with Gasteiger partial charge in [-0.2, -0.15) is 0 Å². The van der Waals surface area contributed by atoms with E-state index in [-0.39, 0.29) is 0 Å². The Bertz CT molecular complexity index is 994. The van der Waals surface area contributed by atoms with E-state index in [0.29, 0.717) is 6.04 Å². The molecule has 0 spiro atoms. The van der Waals surface area contributed by atoms with Crippen LogP contribution in [0.3, 0.4) is 0 Å². The summed E-state index contributed by atoms with van der Waals surface area (Å²) < 4.78 is 2.32. The molecule has 2 aliphatic rings. The number of benzene rings is 1. The van der Waals surface area contributed by atoms with Crippen LogP contribution in [0.4, 0.5) is 11.5 Å². The predicted molar refractivity (Wildman–Crippen MR) is 113 cm³/mol. The number of aryl methyl sites for hydroxylation is 3. The zero-order chi connectivity index (χ0) is 19.1. The molecule has 0 saturated carbocycles. The Balaban J connectivity index is 1.44. The maximum Gasteiger partial charge on any atom is 0.165 e. The van der Waals surface area contributed by atoms with Crippen LogP contribution >= 0.6 is 0 Å². The lowest BCUT2D eigenvalue weighted by Crippen LogP contribution is -2.52. The molecule has 146 valence electrons. The van der Waals surface area contributed by atoms with Crippen molar-refractivity contribution in [2.45, 2.75) is 52.1 Å². The van der Waals surface area contributed by atoms with Gasteiger partial charge in [-0.05, 0) is 44.4 Å². The molecule has 28 heavy (non-hydrogen) atoms. The van der Waals surface area contributed by atoms with Crippen LogP contribution < -0.4 is 9.80 Å². The molecule has 0 radical (unpaired) electrons. The minimum atomic E-state index is 0.418. The van der Waals surface area contributed by atoms with Gasteiger partial charge in [-0.3, -0.25) is 0 Å². The quantitative estimate of drug-likeness (QED) is 0.684. The third kappa shape index (κ3) is 3.01. The van der Waals surface area contributed by atoms with Crippen LogP contribution in [0.1, 0.15) is 37.6 Å². The van der Waals surface area contributed by atoms with E-state index in [2.05, 4.69) is 62.4 Å². The SMILES string of the molecule is Cc1cccc(N2CCN(c3ncnc4c3nc3n4CCCCC3)CC2C)c1. The number of imidazole rings is 1. The molecule has 4 heterocycles. The van der Waals surface area contributed by atoms with Gasteiger partial charge in [-0.15, -0.1) is 0 Å². The highest BCUT2D eigenvalue weighted by Gasteiger charge is 2.27. The topological polar surface area (TPSA) is 50.1 Å². The molecule has 6 heteroatoms. The maximum atomic E-state index is 4.98. The third-order valence-electron chi connectivity index (χ3n) is 6.13. The Labute approximate surface area is 166 Å². The molecule has 1 unspecified atom stereocenters. The molecule has 1 fully saturated rings. The second-order valence-electron chi connectivity index (χ2n) is 8.19. The lowest BCUT2D eigenvalue weighted by atomic mass is 10.1. The summed E-state index contributed by atoms with van der Waals surface area (Å²) in [6, 6.07) is 9.22. The summed E-state index contributed by atoms with van der Waals surface area (Å²) in [5, 5.41) is 0. The van der Waals surface area contributed by atoms with Crippen molar-refractivity contribution >= 4 is 22.7 Å². The summed E-state index contributed by atoms with van der Waals surface area (Å²) in [4.78, 5) is 19.1. The van der Waals surface area contributed by atoms with Gasteiger partial charge in [0.15, 0.2) is 17.0 Å². The Morgan fingerprint density at radius 1 is 1.04 bits per heavy atom. The minimum absolute atomic E-state index is 0.418. The van der Waals surface area contributed by atoms with Gasteiger partial charge in [0, 0.05) is 44.3 Å². The van der Waals surface area contributed by atoms with Gasteiger partial charge < -0.3 is 14.4 Å². The summed E-state index contributed by atoms with van der Waals surface area (Å²) in [5.41, 5.74) is 4.61. The van der Waals surface area contributed by atoms with E-state index in [1.54, 1.807) is 6.33 Å². The lowest BCUT2D eigenvalue weighted by Gasteiger charge is -2.41. The first-order valence-electron chi connectivity index (χ1n) is 10.5. The van der Waals surface area contributed by atoms with Crippen molar-refractivity contribution in [2.24, 2.45) is 0 Å². The molecule has 1 saturated heterocycles. The monoisotopic (exact) mass is 376 g/mol. The van der Waals surface area contributed by atoms with E-state index >= 15 is 0 Å². The lowest BCUT2D eigenvalue weighted by molar-refractivity contribution is 0.548. The first-order chi connectivity index (χ1) is 13.7. The number of hydrogen-bond donors (Lipinski definition) is 0. The largest absolute Gasteiger partial charge is 0.365 e. The second-order valence-corrected chi connectivity index (χ2v) is 8.19. The van der Waals surface area contributed by atoms with Gasteiger partial charge in [-0.25, -0.2) is 15.0 Å². The van der Waals surface area contributed by atoms with Gasteiger partial charge in [0.2, 0.25) is 0 Å². The Morgan fingerprint density at radius 2 is 1.96 bits per heavy atom. The molecule has 3 aromatic rings. The van der Waals surface area contributed by atoms with Crippen molar-refractivity contribution in [2.75, 3.05) is 29.4 Å². The Morgan fingerprint density at radius 3 is 2.82 bits per heavy atom. The molecular weight excluding hydrogens is 348 g/mol. The molecule has 2 aliphatic heterocycles. The average Bonchev–Trinajstić information content (AvgIpc) is 2.89. The van der Waals surface area contributed by atoms with Gasteiger partial charge in [0.25, 0.3) is 0 Å². The molecule has 0 bridgehead atoms. The van der Waals surface area contributed by atoms with Crippen molar-refractivity contribution in [1.29, 1.82) is 0 Å². The van der Waals surface area contributed by atoms with E-state index in [9.17, 15) is 0 Å². The van der Waals surface area contributed by atoms with Gasteiger partial charge >= 0.3 is 0 Å². The number of aromatic nitrogens is 4. The zero-order valence-corrected chi connectivity index (χ0v) is 16.8. The molecule has 2 aromatic heterocycles. The molecule has 0 N–H and O–H groups in total. The van der Waals surface area contributed by atoms with Crippen LogP contribution in [0.5, 0.6) is 0 Å². The molecule has 6 nitrogen and oxygen atoms in total. The van der Waals surface area contributed by atoms with Crippen LogP contribution in [0.2, 0.25) is 0 Å². The molecule has 5 rings (SSSR count). The molecule has 0 aliphatic carbocycles. The highest BCUT2D eigenvalue weighted by Crippen LogP contribution is 2.29. The van der Waals surface area contributed by atoms with Crippen LogP contribution in [-0.4, -0.2) is 45.2 Å². The summed E-state index contributed by atoms with van der Waals surface area (Å²) in [5.74, 6) is 2.18. The highest BCUT2D eigenvalue weighted by molar-refractivity contribution is 5.84. The third-order valence-corrected chi connectivity index (χ3v) is 6.13. The molecule has 1 aromatic carbocycles.